The molecule has 0 aliphatic carbocycles. The zero-order chi connectivity index (χ0) is 21.0. The fourth-order valence-electron chi connectivity index (χ4n) is 2.78. The summed E-state index contributed by atoms with van der Waals surface area (Å²) in [6.45, 7) is 2.19. The molecule has 1 aliphatic heterocycles. The molecular formula is C22H17BrN2O3S. The van der Waals surface area contributed by atoms with Gasteiger partial charge in [-0.3, -0.25) is 19.8 Å². The Labute approximate surface area is 182 Å². The minimum Gasteiger partial charge on any atom is -0.480 e. The first-order valence-corrected chi connectivity index (χ1v) is 10.0. The molecule has 2 aromatic rings. The molecule has 0 bridgehead atoms. The highest BCUT2D eigenvalue weighted by atomic mass is 79.9. The lowest BCUT2D eigenvalue weighted by Gasteiger charge is -2.29. The second-order valence-corrected chi connectivity index (χ2v) is 7.40. The number of benzene rings is 2. The highest BCUT2D eigenvalue weighted by Crippen LogP contribution is 2.28. The van der Waals surface area contributed by atoms with Crippen molar-refractivity contribution >= 4 is 56.8 Å². The van der Waals surface area contributed by atoms with Crippen LogP contribution in [0.4, 0.5) is 5.69 Å². The molecule has 1 N–H and O–H groups in total. The molecular weight excluding hydrogens is 452 g/mol. The Bertz CT molecular complexity index is 1050. The van der Waals surface area contributed by atoms with Gasteiger partial charge in [0.25, 0.3) is 11.8 Å². The number of aryl methyl sites for hydroxylation is 1. The number of halogens is 1. The van der Waals surface area contributed by atoms with Crippen LogP contribution in [0.15, 0.2) is 52.5 Å². The molecule has 1 saturated heterocycles. The summed E-state index contributed by atoms with van der Waals surface area (Å²) in [4.78, 5) is 26.8. The molecule has 0 atom stereocenters. The largest absolute Gasteiger partial charge is 0.480 e. The van der Waals surface area contributed by atoms with Gasteiger partial charge >= 0.3 is 0 Å². The SMILES string of the molecule is C#CCOc1ccc(C=C2C(=O)NC(=S)N(c3ccc(CC)cc3)C2=O)cc1Br. The highest BCUT2D eigenvalue weighted by Gasteiger charge is 2.34. The number of carbonyl (C=O) groups excluding carboxylic acids is 2. The van der Waals surface area contributed by atoms with Gasteiger partial charge in [0, 0.05) is 0 Å². The quantitative estimate of drug-likeness (QED) is 0.313. The lowest BCUT2D eigenvalue weighted by atomic mass is 10.1. The molecule has 1 heterocycles. The molecule has 0 saturated carbocycles. The van der Waals surface area contributed by atoms with E-state index < -0.39 is 11.8 Å². The van der Waals surface area contributed by atoms with E-state index in [4.69, 9.17) is 23.4 Å². The normalized spacial score (nSPS) is 15.3. The maximum absolute atomic E-state index is 13.0. The fraction of sp³-hybridized carbons (Fsp3) is 0.136. The van der Waals surface area contributed by atoms with Gasteiger partial charge in [-0.15, -0.1) is 6.42 Å². The molecule has 29 heavy (non-hydrogen) atoms. The highest BCUT2D eigenvalue weighted by molar-refractivity contribution is 9.10. The third-order valence-electron chi connectivity index (χ3n) is 4.28. The number of terminal acetylenes is 1. The average molecular weight is 469 g/mol. The summed E-state index contributed by atoms with van der Waals surface area (Å²) in [5.74, 6) is 1.95. The molecule has 0 unspecified atom stereocenters. The predicted molar refractivity (Wildman–Crippen MR) is 120 cm³/mol. The Balaban J connectivity index is 1.92. The van der Waals surface area contributed by atoms with Crippen LogP contribution in [-0.2, 0) is 16.0 Å². The summed E-state index contributed by atoms with van der Waals surface area (Å²) in [6, 6.07) is 12.7. The number of nitrogens with zero attached hydrogens (tertiary/aromatic N) is 1. The number of amides is 2. The van der Waals surface area contributed by atoms with Gasteiger partial charge in [0.05, 0.1) is 10.2 Å². The van der Waals surface area contributed by atoms with Crippen LogP contribution >= 0.6 is 28.1 Å². The van der Waals surface area contributed by atoms with Crippen LogP contribution < -0.4 is 15.0 Å². The summed E-state index contributed by atoms with van der Waals surface area (Å²) in [6.07, 6.45) is 7.60. The van der Waals surface area contributed by atoms with Crippen LogP contribution in [0, 0.1) is 12.3 Å². The van der Waals surface area contributed by atoms with Gasteiger partial charge in [-0.25, -0.2) is 0 Å². The van der Waals surface area contributed by atoms with E-state index in [9.17, 15) is 9.59 Å². The van der Waals surface area contributed by atoms with Gasteiger partial charge in [-0.05, 0) is 76.0 Å². The van der Waals surface area contributed by atoms with Crippen LogP contribution in [0.25, 0.3) is 6.08 Å². The van der Waals surface area contributed by atoms with E-state index in [1.807, 2.05) is 31.2 Å². The molecule has 2 aromatic carbocycles. The van der Waals surface area contributed by atoms with Crippen molar-refractivity contribution in [2.75, 3.05) is 11.5 Å². The number of ether oxygens (including phenoxy) is 1. The van der Waals surface area contributed by atoms with Crippen molar-refractivity contribution in [3.8, 4) is 18.1 Å². The van der Waals surface area contributed by atoms with E-state index >= 15 is 0 Å². The third kappa shape index (κ3) is 4.56. The second kappa shape index (κ2) is 9.03. The first-order valence-electron chi connectivity index (χ1n) is 8.80. The van der Waals surface area contributed by atoms with E-state index in [2.05, 4.69) is 27.2 Å². The summed E-state index contributed by atoms with van der Waals surface area (Å²) in [7, 11) is 0. The first-order chi connectivity index (χ1) is 13.9. The molecule has 2 amide bonds. The molecule has 1 aliphatic rings. The Kier molecular flexibility index (Phi) is 6.47. The smallest absolute Gasteiger partial charge is 0.270 e. The molecule has 3 rings (SSSR count). The topological polar surface area (TPSA) is 58.6 Å². The van der Waals surface area contributed by atoms with Gasteiger partial charge in [0.15, 0.2) is 5.11 Å². The van der Waals surface area contributed by atoms with Gasteiger partial charge in [0.2, 0.25) is 0 Å². The van der Waals surface area contributed by atoms with Crippen LogP contribution in [-0.4, -0.2) is 23.5 Å². The fourth-order valence-corrected chi connectivity index (χ4v) is 3.57. The zero-order valence-corrected chi connectivity index (χ0v) is 18.0. The lowest BCUT2D eigenvalue weighted by molar-refractivity contribution is -0.122. The van der Waals surface area contributed by atoms with Crippen LogP contribution in [0.2, 0.25) is 0 Å². The summed E-state index contributed by atoms with van der Waals surface area (Å²) in [5.41, 5.74) is 2.38. The molecule has 5 nitrogen and oxygen atoms in total. The lowest BCUT2D eigenvalue weighted by Crippen LogP contribution is -2.54. The second-order valence-electron chi connectivity index (χ2n) is 6.16. The Hall–Kier alpha value is -2.95. The number of nitrogens with one attached hydrogen (secondary N) is 1. The number of rotatable bonds is 5. The Morgan fingerprint density at radius 2 is 1.97 bits per heavy atom. The van der Waals surface area contributed by atoms with E-state index in [1.165, 1.54) is 11.0 Å². The summed E-state index contributed by atoms with van der Waals surface area (Å²) < 4.78 is 6.07. The summed E-state index contributed by atoms with van der Waals surface area (Å²) in [5, 5.41) is 2.64. The maximum atomic E-state index is 13.0. The summed E-state index contributed by atoms with van der Waals surface area (Å²) >= 11 is 8.63. The molecule has 7 heteroatoms. The maximum Gasteiger partial charge on any atom is 0.270 e. The standard InChI is InChI=1S/C22H17BrN2O3S/c1-3-11-28-19-10-7-15(13-18(19)23)12-17-20(26)24-22(29)25(21(17)27)16-8-5-14(4-2)6-9-16/h1,5-10,12-13H,4,11H2,2H3,(H,24,26,29). The van der Waals surface area contributed by atoms with Crippen molar-refractivity contribution in [2.24, 2.45) is 0 Å². The van der Waals surface area contributed by atoms with Crippen LogP contribution in [0.3, 0.4) is 0 Å². The van der Waals surface area contributed by atoms with Gasteiger partial charge in [0.1, 0.15) is 17.9 Å². The molecule has 0 spiro atoms. The van der Waals surface area contributed by atoms with E-state index in [1.54, 1.807) is 18.2 Å². The Morgan fingerprint density at radius 3 is 2.59 bits per heavy atom. The van der Waals surface area contributed by atoms with Crippen molar-refractivity contribution in [1.29, 1.82) is 0 Å². The van der Waals surface area contributed by atoms with Gasteiger partial charge in [-0.1, -0.05) is 31.0 Å². The monoisotopic (exact) mass is 468 g/mol. The predicted octanol–water partition coefficient (Wildman–Crippen LogP) is 3.85. The van der Waals surface area contributed by atoms with Crippen molar-refractivity contribution in [3.63, 3.8) is 0 Å². The number of hydrogen-bond donors (Lipinski definition) is 1. The molecule has 0 aromatic heterocycles. The third-order valence-corrected chi connectivity index (χ3v) is 5.19. The van der Waals surface area contributed by atoms with E-state index in [-0.39, 0.29) is 17.3 Å². The number of hydrogen-bond acceptors (Lipinski definition) is 4. The first kappa shape index (κ1) is 20.8. The zero-order valence-electron chi connectivity index (χ0n) is 15.6. The van der Waals surface area contributed by atoms with E-state index in [0.29, 0.717) is 21.5 Å². The van der Waals surface area contributed by atoms with E-state index in [0.717, 1.165) is 12.0 Å². The van der Waals surface area contributed by atoms with Crippen molar-refractivity contribution < 1.29 is 14.3 Å². The molecule has 1 fully saturated rings. The minimum absolute atomic E-state index is 0.0117. The van der Waals surface area contributed by atoms with Crippen LogP contribution in [0.1, 0.15) is 18.1 Å². The average Bonchev–Trinajstić information content (AvgIpc) is 2.71. The van der Waals surface area contributed by atoms with Crippen LogP contribution in [0.5, 0.6) is 5.75 Å². The van der Waals surface area contributed by atoms with Crippen molar-refractivity contribution in [2.45, 2.75) is 13.3 Å². The molecule has 0 radical (unpaired) electrons. The van der Waals surface area contributed by atoms with Gasteiger partial charge < -0.3 is 4.74 Å². The number of anilines is 1. The van der Waals surface area contributed by atoms with Crippen molar-refractivity contribution in [3.05, 3.63) is 63.6 Å². The van der Waals surface area contributed by atoms with Crippen molar-refractivity contribution in [1.82, 2.24) is 5.32 Å². The Morgan fingerprint density at radius 1 is 1.24 bits per heavy atom. The van der Waals surface area contributed by atoms with Gasteiger partial charge in [-0.2, -0.15) is 0 Å². The minimum atomic E-state index is -0.537. The molecule has 146 valence electrons. The number of carbonyl (C=O) groups is 2. The number of thiocarbonyl (C=S) groups is 1.